The van der Waals surface area contributed by atoms with Gasteiger partial charge in [0.25, 0.3) is 0 Å². The molecule has 2 rings (SSSR count). The van der Waals surface area contributed by atoms with Gasteiger partial charge in [-0.05, 0) is 18.3 Å². The van der Waals surface area contributed by atoms with Crippen molar-refractivity contribution in [1.82, 2.24) is 9.97 Å². The zero-order chi connectivity index (χ0) is 14.0. The molecule has 8 nitrogen and oxygen atoms in total. The number of hydrogen-bond acceptors (Lipinski definition) is 7. The van der Waals surface area contributed by atoms with E-state index < -0.39 is 4.92 Å². The number of aromatic nitrogens is 2. The van der Waals surface area contributed by atoms with Crippen molar-refractivity contribution < 1.29 is 4.92 Å². The lowest BCUT2D eigenvalue weighted by Crippen LogP contribution is -2.41. The maximum atomic E-state index is 11.1. The summed E-state index contributed by atoms with van der Waals surface area (Å²) in [6.07, 6.45) is 3.28. The van der Waals surface area contributed by atoms with Gasteiger partial charge in [-0.3, -0.25) is 15.5 Å². The van der Waals surface area contributed by atoms with Gasteiger partial charge in [0.2, 0.25) is 11.8 Å². The zero-order valence-electron chi connectivity index (χ0n) is 11.1. The molecule has 1 fully saturated rings. The van der Waals surface area contributed by atoms with E-state index in [0.29, 0.717) is 5.82 Å². The Morgan fingerprint density at radius 2 is 2.32 bits per heavy atom. The molecule has 104 valence electrons. The van der Waals surface area contributed by atoms with Crippen molar-refractivity contribution in [2.45, 2.75) is 26.7 Å². The molecule has 1 aromatic heterocycles. The molecule has 19 heavy (non-hydrogen) atoms. The highest BCUT2D eigenvalue weighted by molar-refractivity contribution is 5.59. The standard InChI is InChI=1S/C11H18N6O2/c1-11(2)4-3-5-16(7-11)9-8(17(18)19)6-13-10(14-9)15-12/h6H,3-5,7,12H2,1-2H3,(H,13,14,15). The monoisotopic (exact) mass is 266 g/mol. The van der Waals surface area contributed by atoms with E-state index >= 15 is 0 Å². The summed E-state index contributed by atoms with van der Waals surface area (Å²) in [5.41, 5.74) is 2.35. The van der Waals surface area contributed by atoms with Crippen LogP contribution < -0.4 is 16.2 Å². The van der Waals surface area contributed by atoms with E-state index in [4.69, 9.17) is 5.84 Å². The van der Waals surface area contributed by atoms with Crippen LogP contribution in [0.25, 0.3) is 0 Å². The summed E-state index contributed by atoms with van der Waals surface area (Å²) in [4.78, 5) is 20.5. The molecule has 0 amide bonds. The Morgan fingerprint density at radius 1 is 1.58 bits per heavy atom. The van der Waals surface area contributed by atoms with Gasteiger partial charge in [0.05, 0.1) is 4.92 Å². The lowest BCUT2D eigenvalue weighted by atomic mass is 9.84. The van der Waals surface area contributed by atoms with Gasteiger partial charge >= 0.3 is 5.69 Å². The number of nitrogens with two attached hydrogens (primary N) is 1. The molecule has 3 N–H and O–H groups in total. The molecule has 8 heteroatoms. The van der Waals surface area contributed by atoms with Crippen molar-refractivity contribution in [3.05, 3.63) is 16.3 Å². The second-order valence-corrected chi connectivity index (χ2v) is 5.49. The Kier molecular flexibility index (Phi) is 3.52. The van der Waals surface area contributed by atoms with Crippen LogP contribution in [0.15, 0.2) is 6.20 Å². The molecular formula is C11H18N6O2. The molecule has 0 atom stereocenters. The van der Waals surface area contributed by atoms with Crippen molar-refractivity contribution >= 4 is 17.5 Å². The van der Waals surface area contributed by atoms with E-state index in [1.807, 2.05) is 4.90 Å². The van der Waals surface area contributed by atoms with Crippen molar-refractivity contribution in [1.29, 1.82) is 0 Å². The van der Waals surface area contributed by atoms with Gasteiger partial charge in [-0.25, -0.2) is 10.8 Å². The van der Waals surface area contributed by atoms with Crippen molar-refractivity contribution in [3.8, 4) is 0 Å². The molecule has 0 unspecified atom stereocenters. The maximum absolute atomic E-state index is 11.1. The quantitative estimate of drug-likeness (QED) is 0.482. The molecule has 0 saturated carbocycles. The Balaban J connectivity index is 2.38. The number of nitrogens with one attached hydrogen (secondary N) is 1. The van der Waals surface area contributed by atoms with Crippen molar-refractivity contribution in [3.63, 3.8) is 0 Å². The van der Waals surface area contributed by atoms with Crippen LogP contribution in [0.5, 0.6) is 0 Å². The summed E-state index contributed by atoms with van der Waals surface area (Å²) in [6.45, 7) is 5.78. The first-order valence-electron chi connectivity index (χ1n) is 6.16. The zero-order valence-corrected chi connectivity index (χ0v) is 11.1. The SMILES string of the molecule is CC1(C)CCCN(c2nc(NN)ncc2[N+](=O)[O-])C1. The van der Waals surface area contributed by atoms with E-state index in [2.05, 4.69) is 29.2 Å². The molecule has 0 aliphatic carbocycles. The number of hydrazine groups is 1. The summed E-state index contributed by atoms with van der Waals surface area (Å²) in [6, 6.07) is 0. The average molecular weight is 266 g/mol. The average Bonchev–Trinajstić information content (AvgIpc) is 2.36. The highest BCUT2D eigenvalue weighted by Gasteiger charge is 2.31. The number of nitro groups is 1. The smallest absolute Gasteiger partial charge is 0.329 e. The Labute approximate surface area is 111 Å². The van der Waals surface area contributed by atoms with Gasteiger partial charge in [-0.15, -0.1) is 0 Å². The molecule has 0 radical (unpaired) electrons. The topological polar surface area (TPSA) is 110 Å². The maximum Gasteiger partial charge on any atom is 0.329 e. The van der Waals surface area contributed by atoms with Crippen molar-refractivity contribution in [2.75, 3.05) is 23.4 Å². The normalized spacial score (nSPS) is 18.2. The molecule has 0 aromatic carbocycles. The Morgan fingerprint density at radius 3 is 2.89 bits per heavy atom. The van der Waals surface area contributed by atoms with Gasteiger partial charge < -0.3 is 4.90 Å². The van der Waals surface area contributed by atoms with Crippen LogP contribution in [0.3, 0.4) is 0 Å². The number of rotatable bonds is 3. The lowest BCUT2D eigenvalue weighted by Gasteiger charge is -2.38. The highest BCUT2D eigenvalue weighted by atomic mass is 16.6. The second-order valence-electron chi connectivity index (χ2n) is 5.49. The molecule has 1 saturated heterocycles. The Hall–Kier alpha value is -1.96. The molecule has 2 heterocycles. The summed E-state index contributed by atoms with van der Waals surface area (Å²) in [5, 5.41) is 11.1. The van der Waals surface area contributed by atoms with Crippen LogP contribution in [0.4, 0.5) is 17.5 Å². The van der Waals surface area contributed by atoms with E-state index in [0.717, 1.165) is 25.9 Å². The van der Waals surface area contributed by atoms with Gasteiger partial charge in [0.15, 0.2) is 0 Å². The third-order valence-corrected chi connectivity index (χ3v) is 3.28. The minimum absolute atomic E-state index is 0.0864. The fourth-order valence-electron chi connectivity index (χ4n) is 2.40. The number of nitrogen functional groups attached to an aromatic ring is 1. The van der Waals surface area contributed by atoms with E-state index in [-0.39, 0.29) is 17.1 Å². The van der Waals surface area contributed by atoms with Crippen LogP contribution in [0.2, 0.25) is 0 Å². The predicted octanol–water partition coefficient (Wildman–Crippen LogP) is 1.30. The van der Waals surface area contributed by atoms with Gasteiger partial charge in [-0.2, -0.15) is 4.98 Å². The summed E-state index contributed by atoms with van der Waals surface area (Å²) in [7, 11) is 0. The highest BCUT2D eigenvalue weighted by Crippen LogP contribution is 2.34. The first kappa shape index (κ1) is 13.5. The Bertz CT molecular complexity index is 490. The first-order valence-corrected chi connectivity index (χ1v) is 6.16. The number of anilines is 2. The molecule has 0 spiro atoms. The first-order chi connectivity index (χ1) is 8.93. The number of nitrogens with zero attached hydrogens (tertiary/aromatic N) is 4. The number of hydrogen-bond donors (Lipinski definition) is 2. The van der Waals surface area contributed by atoms with E-state index in [1.54, 1.807) is 0 Å². The molecule has 1 aliphatic rings. The predicted molar refractivity (Wildman–Crippen MR) is 71.7 cm³/mol. The molecular weight excluding hydrogens is 248 g/mol. The third-order valence-electron chi connectivity index (χ3n) is 3.28. The fourth-order valence-corrected chi connectivity index (χ4v) is 2.40. The van der Waals surface area contributed by atoms with Crippen LogP contribution in [-0.2, 0) is 0 Å². The molecule has 0 bridgehead atoms. The third kappa shape index (κ3) is 2.90. The fraction of sp³-hybridized carbons (Fsp3) is 0.636. The molecule has 1 aliphatic heterocycles. The largest absolute Gasteiger partial charge is 0.350 e. The summed E-state index contributed by atoms with van der Waals surface area (Å²) < 4.78 is 0. The summed E-state index contributed by atoms with van der Waals surface area (Å²) in [5.74, 6) is 5.78. The summed E-state index contributed by atoms with van der Waals surface area (Å²) >= 11 is 0. The minimum Gasteiger partial charge on any atom is -0.350 e. The van der Waals surface area contributed by atoms with Gasteiger partial charge in [-0.1, -0.05) is 13.8 Å². The van der Waals surface area contributed by atoms with Gasteiger partial charge in [0, 0.05) is 13.1 Å². The minimum atomic E-state index is -0.461. The molecule has 1 aromatic rings. The van der Waals surface area contributed by atoms with Crippen LogP contribution in [0.1, 0.15) is 26.7 Å². The lowest BCUT2D eigenvalue weighted by molar-refractivity contribution is -0.384. The van der Waals surface area contributed by atoms with E-state index in [1.165, 1.54) is 6.20 Å². The van der Waals surface area contributed by atoms with E-state index in [9.17, 15) is 10.1 Å². The van der Waals surface area contributed by atoms with Crippen LogP contribution >= 0.6 is 0 Å². The van der Waals surface area contributed by atoms with Crippen molar-refractivity contribution in [2.24, 2.45) is 11.3 Å². The van der Waals surface area contributed by atoms with Crippen LogP contribution in [0, 0.1) is 15.5 Å². The van der Waals surface area contributed by atoms with Gasteiger partial charge in [0.1, 0.15) is 6.20 Å². The second kappa shape index (κ2) is 4.96. The van der Waals surface area contributed by atoms with Crippen LogP contribution in [-0.4, -0.2) is 28.0 Å². The number of piperidine rings is 1.